The van der Waals surface area contributed by atoms with Crippen molar-refractivity contribution in [2.75, 3.05) is 6.61 Å². The maximum Gasteiger partial charge on any atom is 0.410 e. The van der Waals surface area contributed by atoms with E-state index in [-0.39, 0.29) is 31.4 Å². The van der Waals surface area contributed by atoms with Gasteiger partial charge in [0.15, 0.2) is 0 Å². The van der Waals surface area contributed by atoms with E-state index in [0.29, 0.717) is 0 Å². The smallest absolute Gasteiger partial charge is 0.410 e. The number of hydrogen-bond donors (Lipinski definition) is 1. The Morgan fingerprint density at radius 2 is 2.11 bits per heavy atom. The zero-order chi connectivity index (χ0) is 13.7. The van der Waals surface area contributed by atoms with Crippen molar-refractivity contribution in [2.24, 2.45) is 0 Å². The first kappa shape index (κ1) is 13.9. The van der Waals surface area contributed by atoms with Crippen LogP contribution in [0.4, 0.5) is 4.79 Å². The Balaban J connectivity index is 1.94. The number of ether oxygens (including phenoxy) is 1. The number of benzene rings is 1. The molecule has 1 aromatic carbocycles. The largest absolute Gasteiger partial charge is 0.445 e. The second-order valence-electron chi connectivity index (χ2n) is 5.06. The Morgan fingerprint density at radius 3 is 2.79 bits per heavy atom. The normalized spacial score (nSPS) is 23.2. The first-order chi connectivity index (χ1) is 9.22. The molecule has 0 spiro atoms. The van der Waals surface area contributed by atoms with Crippen LogP contribution in [0.1, 0.15) is 31.7 Å². The van der Waals surface area contributed by atoms with Crippen LogP contribution in [0.5, 0.6) is 0 Å². The minimum atomic E-state index is -0.324. The van der Waals surface area contributed by atoms with Crippen molar-refractivity contribution in [3.63, 3.8) is 0 Å². The highest BCUT2D eigenvalue weighted by molar-refractivity contribution is 5.68. The minimum absolute atomic E-state index is 0.00474. The second kappa shape index (κ2) is 6.57. The van der Waals surface area contributed by atoms with Crippen molar-refractivity contribution in [2.45, 2.75) is 44.9 Å². The molecule has 4 heteroatoms. The lowest BCUT2D eigenvalue weighted by Crippen LogP contribution is -2.50. The summed E-state index contributed by atoms with van der Waals surface area (Å²) in [4.78, 5) is 13.8. The predicted molar refractivity (Wildman–Crippen MR) is 72.7 cm³/mol. The van der Waals surface area contributed by atoms with E-state index in [1.165, 1.54) is 0 Å². The van der Waals surface area contributed by atoms with Crippen LogP contribution in [-0.2, 0) is 11.3 Å². The van der Waals surface area contributed by atoms with Gasteiger partial charge in [0, 0.05) is 6.04 Å². The van der Waals surface area contributed by atoms with Crippen LogP contribution in [-0.4, -0.2) is 34.8 Å². The Kier molecular flexibility index (Phi) is 4.80. The van der Waals surface area contributed by atoms with Gasteiger partial charge in [-0.15, -0.1) is 0 Å². The number of hydrogen-bond acceptors (Lipinski definition) is 3. The van der Waals surface area contributed by atoms with Gasteiger partial charge in [-0.05, 0) is 31.7 Å². The summed E-state index contributed by atoms with van der Waals surface area (Å²) in [6.07, 6.45) is 2.54. The average molecular weight is 263 g/mol. The van der Waals surface area contributed by atoms with E-state index in [1.807, 2.05) is 37.3 Å². The highest BCUT2D eigenvalue weighted by Gasteiger charge is 2.32. The average Bonchev–Trinajstić information content (AvgIpc) is 2.45. The fourth-order valence-corrected chi connectivity index (χ4v) is 2.59. The summed E-state index contributed by atoms with van der Waals surface area (Å²) in [6, 6.07) is 9.65. The minimum Gasteiger partial charge on any atom is -0.445 e. The molecule has 1 saturated heterocycles. The molecular formula is C15H21NO3. The van der Waals surface area contributed by atoms with Crippen LogP contribution < -0.4 is 0 Å². The Labute approximate surface area is 114 Å². The quantitative estimate of drug-likeness (QED) is 0.911. The summed E-state index contributed by atoms with van der Waals surface area (Å²) in [5.41, 5.74) is 0.973. The van der Waals surface area contributed by atoms with Crippen LogP contribution in [0.25, 0.3) is 0 Å². The third kappa shape index (κ3) is 3.47. The van der Waals surface area contributed by atoms with Crippen molar-refractivity contribution in [1.82, 2.24) is 4.90 Å². The first-order valence-electron chi connectivity index (χ1n) is 6.82. The molecule has 1 heterocycles. The van der Waals surface area contributed by atoms with E-state index in [2.05, 4.69) is 0 Å². The van der Waals surface area contributed by atoms with Gasteiger partial charge in [0.25, 0.3) is 0 Å². The van der Waals surface area contributed by atoms with Gasteiger partial charge in [-0.3, -0.25) is 0 Å². The molecule has 0 unspecified atom stereocenters. The topological polar surface area (TPSA) is 49.8 Å². The first-order valence-corrected chi connectivity index (χ1v) is 6.82. The lowest BCUT2D eigenvalue weighted by atomic mass is 9.97. The third-order valence-corrected chi connectivity index (χ3v) is 3.65. The Bertz CT molecular complexity index is 407. The molecule has 0 radical (unpaired) electrons. The summed E-state index contributed by atoms with van der Waals surface area (Å²) in [6.45, 7) is 2.29. The van der Waals surface area contributed by atoms with Crippen molar-refractivity contribution in [3.05, 3.63) is 35.9 Å². The number of rotatable bonds is 3. The van der Waals surface area contributed by atoms with Gasteiger partial charge in [0.1, 0.15) is 6.61 Å². The molecule has 0 aromatic heterocycles. The van der Waals surface area contributed by atoms with Gasteiger partial charge < -0.3 is 14.7 Å². The molecular weight excluding hydrogens is 242 g/mol. The Hall–Kier alpha value is -1.55. The third-order valence-electron chi connectivity index (χ3n) is 3.65. The van der Waals surface area contributed by atoms with Gasteiger partial charge >= 0.3 is 6.09 Å². The summed E-state index contributed by atoms with van der Waals surface area (Å²) in [7, 11) is 0. The highest BCUT2D eigenvalue weighted by atomic mass is 16.6. The van der Waals surface area contributed by atoms with E-state index in [4.69, 9.17) is 4.74 Å². The lowest BCUT2D eigenvalue weighted by molar-refractivity contribution is 0.0277. The molecule has 0 bridgehead atoms. The molecule has 104 valence electrons. The molecule has 4 nitrogen and oxygen atoms in total. The molecule has 1 N–H and O–H groups in total. The van der Waals surface area contributed by atoms with Crippen LogP contribution in [0.3, 0.4) is 0 Å². The predicted octanol–water partition coefficient (Wildman–Crippen LogP) is 2.56. The van der Waals surface area contributed by atoms with E-state index in [9.17, 15) is 9.90 Å². The van der Waals surface area contributed by atoms with Crippen LogP contribution in [0.15, 0.2) is 30.3 Å². The van der Waals surface area contributed by atoms with E-state index in [0.717, 1.165) is 24.8 Å². The number of nitrogens with zero attached hydrogens (tertiary/aromatic N) is 1. The van der Waals surface area contributed by atoms with Crippen LogP contribution in [0.2, 0.25) is 0 Å². The number of aliphatic hydroxyl groups is 1. The van der Waals surface area contributed by atoms with E-state index < -0.39 is 0 Å². The fourth-order valence-electron chi connectivity index (χ4n) is 2.59. The van der Waals surface area contributed by atoms with E-state index in [1.54, 1.807) is 4.90 Å². The van der Waals surface area contributed by atoms with Crippen LogP contribution >= 0.6 is 0 Å². The van der Waals surface area contributed by atoms with Crippen molar-refractivity contribution in [1.29, 1.82) is 0 Å². The summed E-state index contributed by atoms with van der Waals surface area (Å²) in [5.74, 6) is 0. The van der Waals surface area contributed by atoms with Gasteiger partial charge in [-0.25, -0.2) is 4.79 Å². The molecule has 1 aliphatic rings. The Morgan fingerprint density at radius 1 is 1.37 bits per heavy atom. The fraction of sp³-hybridized carbons (Fsp3) is 0.533. The SMILES string of the molecule is C[C@H]1CCC[C@@H](CO)N1C(=O)OCc1ccccc1. The maximum atomic E-state index is 12.1. The molecule has 0 saturated carbocycles. The number of piperidine rings is 1. The number of amides is 1. The van der Waals surface area contributed by atoms with Crippen molar-refractivity contribution >= 4 is 6.09 Å². The molecule has 2 rings (SSSR count). The van der Waals surface area contributed by atoms with E-state index >= 15 is 0 Å². The summed E-state index contributed by atoms with van der Waals surface area (Å²) in [5, 5.41) is 9.36. The molecule has 1 aliphatic heterocycles. The number of carbonyl (C=O) groups is 1. The lowest BCUT2D eigenvalue weighted by Gasteiger charge is -2.38. The van der Waals surface area contributed by atoms with Gasteiger partial charge in [-0.1, -0.05) is 30.3 Å². The number of likely N-dealkylation sites (tertiary alicyclic amines) is 1. The maximum absolute atomic E-state index is 12.1. The van der Waals surface area contributed by atoms with Crippen molar-refractivity contribution < 1.29 is 14.6 Å². The molecule has 19 heavy (non-hydrogen) atoms. The molecule has 1 aromatic rings. The summed E-state index contributed by atoms with van der Waals surface area (Å²) >= 11 is 0. The van der Waals surface area contributed by atoms with Gasteiger partial charge in [0.05, 0.1) is 12.6 Å². The second-order valence-corrected chi connectivity index (χ2v) is 5.06. The molecule has 0 aliphatic carbocycles. The molecule has 1 fully saturated rings. The highest BCUT2D eigenvalue weighted by Crippen LogP contribution is 2.23. The van der Waals surface area contributed by atoms with Gasteiger partial charge in [0.2, 0.25) is 0 Å². The molecule has 2 atom stereocenters. The number of aliphatic hydroxyl groups excluding tert-OH is 1. The zero-order valence-corrected chi connectivity index (χ0v) is 11.3. The number of carbonyl (C=O) groups excluding carboxylic acids is 1. The van der Waals surface area contributed by atoms with Gasteiger partial charge in [-0.2, -0.15) is 0 Å². The zero-order valence-electron chi connectivity index (χ0n) is 11.3. The monoisotopic (exact) mass is 263 g/mol. The standard InChI is InChI=1S/C15H21NO3/c1-12-6-5-9-14(10-17)16(12)15(18)19-11-13-7-3-2-4-8-13/h2-4,7-8,12,14,17H,5-6,9-11H2,1H3/t12-,14-/m0/s1. The summed E-state index contributed by atoms with van der Waals surface area (Å²) < 4.78 is 5.35. The molecule has 1 amide bonds. The van der Waals surface area contributed by atoms with Crippen molar-refractivity contribution in [3.8, 4) is 0 Å². The van der Waals surface area contributed by atoms with Crippen LogP contribution in [0, 0.1) is 0 Å².